The van der Waals surface area contributed by atoms with E-state index in [0.717, 1.165) is 0 Å². The third-order valence-corrected chi connectivity index (χ3v) is 2.73. The van der Waals surface area contributed by atoms with Crippen LogP contribution in [-0.2, 0) is 4.74 Å². The van der Waals surface area contributed by atoms with Gasteiger partial charge in [0.2, 0.25) is 0 Å². The minimum Gasteiger partial charge on any atom is -0.380 e. The Labute approximate surface area is 114 Å². The summed E-state index contributed by atoms with van der Waals surface area (Å²) < 4.78 is 5.93. The monoisotopic (exact) mass is 320 g/mol. The van der Waals surface area contributed by atoms with E-state index in [-0.39, 0.29) is 17.1 Å². The zero-order valence-electron chi connectivity index (χ0n) is 9.67. The summed E-state index contributed by atoms with van der Waals surface area (Å²) in [5.41, 5.74) is 0.351. The van der Waals surface area contributed by atoms with Crippen LogP contribution in [0.25, 0.3) is 0 Å². The van der Waals surface area contributed by atoms with Gasteiger partial charge in [0, 0.05) is 23.3 Å². The van der Waals surface area contributed by atoms with Gasteiger partial charge in [-0.2, -0.15) is 0 Å². The maximum absolute atomic E-state index is 11.9. The van der Waals surface area contributed by atoms with Gasteiger partial charge in [-0.3, -0.25) is 4.79 Å². The van der Waals surface area contributed by atoms with Crippen molar-refractivity contribution in [1.29, 1.82) is 0 Å². The summed E-state index contributed by atoms with van der Waals surface area (Å²) in [6.07, 6.45) is 1.54. The Hall–Kier alpha value is -0.650. The van der Waals surface area contributed by atoms with Crippen molar-refractivity contribution in [1.82, 2.24) is 10.3 Å². The highest BCUT2D eigenvalue weighted by Gasteiger charge is 2.14. The molecule has 1 unspecified atom stereocenters. The molecule has 0 bridgehead atoms. The van der Waals surface area contributed by atoms with Gasteiger partial charge in [-0.1, -0.05) is 11.6 Å². The Morgan fingerprint density at radius 2 is 2.41 bits per heavy atom. The molecule has 0 aliphatic heterocycles. The predicted molar refractivity (Wildman–Crippen MR) is 70.4 cm³/mol. The molecule has 94 valence electrons. The van der Waals surface area contributed by atoms with Crippen molar-refractivity contribution in [2.75, 3.05) is 13.2 Å². The van der Waals surface area contributed by atoms with E-state index in [4.69, 9.17) is 16.3 Å². The highest BCUT2D eigenvalue weighted by atomic mass is 79.9. The van der Waals surface area contributed by atoms with Gasteiger partial charge in [-0.15, -0.1) is 0 Å². The molecule has 1 aromatic heterocycles. The van der Waals surface area contributed by atoms with Crippen molar-refractivity contribution in [2.24, 2.45) is 0 Å². The SMILES string of the molecule is CCOCC(C)NC(=O)c1cc(Br)cnc1Cl. The minimum absolute atomic E-state index is 0.0718. The molecule has 0 saturated heterocycles. The van der Waals surface area contributed by atoms with E-state index in [1.54, 1.807) is 12.3 Å². The van der Waals surface area contributed by atoms with Crippen LogP contribution in [0.2, 0.25) is 5.15 Å². The number of hydrogen-bond acceptors (Lipinski definition) is 3. The van der Waals surface area contributed by atoms with Crippen molar-refractivity contribution < 1.29 is 9.53 Å². The number of carbonyl (C=O) groups excluding carboxylic acids is 1. The average Bonchev–Trinajstić information content (AvgIpc) is 2.29. The number of nitrogens with one attached hydrogen (secondary N) is 1. The summed E-state index contributed by atoms with van der Waals surface area (Å²) in [4.78, 5) is 15.8. The zero-order chi connectivity index (χ0) is 12.8. The maximum Gasteiger partial charge on any atom is 0.254 e. The second-order valence-corrected chi connectivity index (χ2v) is 4.80. The molecule has 1 aromatic rings. The van der Waals surface area contributed by atoms with Crippen LogP contribution < -0.4 is 5.32 Å². The number of pyridine rings is 1. The summed E-state index contributed by atoms with van der Waals surface area (Å²) in [7, 11) is 0. The Morgan fingerprint density at radius 1 is 1.71 bits per heavy atom. The zero-order valence-corrected chi connectivity index (χ0v) is 12.0. The number of nitrogens with zero attached hydrogens (tertiary/aromatic N) is 1. The van der Waals surface area contributed by atoms with Crippen molar-refractivity contribution in [3.05, 3.63) is 27.5 Å². The van der Waals surface area contributed by atoms with E-state index < -0.39 is 0 Å². The first-order valence-electron chi connectivity index (χ1n) is 5.24. The number of rotatable bonds is 5. The van der Waals surface area contributed by atoms with Crippen molar-refractivity contribution in [3.63, 3.8) is 0 Å². The standard InChI is InChI=1S/C11H14BrClN2O2/c1-3-17-6-7(2)15-11(16)9-4-8(12)5-14-10(9)13/h4-5,7H,3,6H2,1-2H3,(H,15,16). The first-order chi connectivity index (χ1) is 8.04. The van der Waals surface area contributed by atoms with Gasteiger partial charge in [-0.05, 0) is 35.8 Å². The van der Waals surface area contributed by atoms with Gasteiger partial charge in [0.05, 0.1) is 12.2 Å². The van der Waals surface area contributed by atoms with Crippen molar-refractivity contribution in [3.8, 4) is 0 Å². The molecule has 0 spiro atoms. The number of carbonyl (C=O) groups is 1. The van der Waals surface area contributed by atoms with Crippen LogP contribution in [0.4, 0.5) is 0 Å². The summed E-state index contributed by atoms with van der Waals surface area (Å²) in [6, 6.07) is 1.57. The lowest BCUT2D eigenvalue weighted by Gasteiger charge is -2.14. The summed E-state index contributed by atoms with van der Waals surface area (Å²) in [5, 5.41) is 2.98. The van der Waals surface area contributed by atoms with Crippen LogP contribution >= 0.6 is 27.5 Å². The largest absolute Gasteiger partial charge is 0.380 e. The smallest absolute Gasteiger partial charge is 0.254 e. The summed E-state index contributed by atoms with van der Waals surface area (Å²) >= 11 is 9.10. The Morgan fingerprint density at radius 3 is 3.06 bits per heavy atom. The molecule has 0 aromatic carbocycles. The summed E-state index contributed by atoms with van der Waals surface area (Å²) in [5.74, 6) is -0.254. The molecular formula is C11H14BrClN2O2. The van der Waals surface area contributed by atoms with Gasteiger partial charge < -0.3 is 10.1 Å². The van der Waals surface area contributed by atoms with E-state index in [1.807, 2.05) is 13.8 Å². The van der Waals surface area contributed by atoms with Crippen LogP contribution in [0.1, 0.15) is 24.2 Å². The van der Waals surface area contributed by atoms with Gasteiger partial charge >= 0.3 is 0 Å². The van der Waals surface area contributed by atoms with Crippen LogP contribution in [0, 0.1) is 0 Å². The normalized spacial score (nSPS) is 12.2. The van der Waals surface area contributed by atoms with Crippen molar-refractivity contribution in [2.45, 2.75) is 19.9 Å². The lowest BCUT2D eigenvalue weighted by Crippen LogP contribution is -2.36. The highest BCUT2D eigenvalue weighted by Crippen LogP contribution is 2.17. The Balaban J connectivity index is 2.66. The number of halogens is 2. The number of aromatic nitrogens is 1. The van der Waals surface area contributed by atoms with E-state index in [2.05, 4.69) is 26.2 Å². The molecule has 1 N–H and O–H groups in total. The number of ether oxygens (including phenoxy) is 1. The number of amides is 1. The lowest BCUT2D eigenvalue weighted by molar-refractivity contribution is 0.0871. The third-order valence-electron chi connectivity index (χ3n) is 2.00. The van der Waals surface area contributed by atoms with Crippen LogP contribution in [0.5, 0.6) is 0 Å². The fraction of sp³-hybridized carbons (Fsp3) is 0.455. The Bertz CT molecular complexity index is 401. The molecule has 0 fully saturated rings. The van der Waals surface area contributed by atoms with Gasteiger partial charge in [0.15, 0.2) is 0 Å². The predicted octanol–water partition coefficient (Wildman–Crippen LogP) is 2.65. The second kappa shape index (κ2) is 6.93. The fourth-order valence-corrected chi connectivity index (χ4v) is 1.74. The van der Waals surface area contributed by atoms with Crippen molar-refractivity contribution >= 4 is 33.4 Å². The number of hydrogen-bond donors (Lipinski definition) is 1. The third kappa shape index (κ3) is 4.61. The fourth-order valence-electron chi connectivity index (χ4n) is 1.22. The molecular weight excluding hydrogens is 307 g/mol. The molecule has 4 nitrogen and oxygen atoms in total. The van der Waals surface area contributed by atoms with Crippen LogP contribution in [-0.4, -0.2) is 30.1 Å². The van der Waals surface area contributed by atoms with Crippen LogP contribution in [0.3, 0.4) is 0 Å². The van der Waals surface area contributed by atoms with E-state index in [1.165, 1.54) is 0 Å². The first kappa shape index (κ1) is 14.4. The van der Waals surface area contributed by atoms with Gasteiger partial charge in [0.1, 0.15) is 5.15 Å². The second-order valence-electron chi connectivity index (χ2n) is 3.53. The lowest BCUT2D eigenvalue weighted by atomic mass is 10.2. The molecule has 17 heavy (non-hydrogen) atoms. The molecule has 0 radical (unpaired) electrons. The molecule has 1 atom stereocenters. The van der Waals surface area contributed by atoms with Crippen LogP contribution in [0.15, 0.2) is 16.7 Å². The quantitative estimate of drug-likeness (QED) is 0.848. The van der Waals surface area contributed by atoms with Gasteiger partial charge in [-0.25, -0.2) is 4.98 Å². The first-order valence-corrected chi connectivity index (χ1v) is 6.41. The molecule has 0 aliphatic carbocycles. The Kier molecular flexibility index (Phi) is 5.88. The van der Waals surface area contributed by atoms with Gasteiger partial charge in [0.25, 0.3) is 5.91 Å². The molecule has 1 rings (SSSR count). The maximum atomic E-state index is 11.9. The molecule has 1 amide bonds. The molecule has 1 heterocycles. The molecule has 6 heteroatoms. The topological polar surface area (TPSA) is 51.2 Å². The van der Waals surface area contributed by atoms with E-state index >= 15 is 0 Å². The summed E-state index contributed by atoms with van der Waals surface area (Å²) in [6.45, 7) is 4.87. The molecule has 0 saturated carbocycles. The molecule has 0 aliphatic rings. The average molecular weight is 322 g/mol. The highest BCUT2D eigenvalue weighted by molar-refractivity contribution is 9.10. The van der Waals surface area contributed by atoms with E-state index in [9.17, 15) is 4.79 Å². The minimum atomic E-state index is -0.254. The van der Waals surface area contributed by atoms with E-state index in [0.29, 0.717) is 23.2 Å².